The molecule has 0 heterocycles. The van der Waals surface area contributed by atoms with Crippen molar-refractivity contribution in [3.63, 3.8) is 0 Å². The molecule has 0 aromatic heterocycles. The molecule has 0 aromatic rings. The molecular formula is C21H39BrO3S. The van der Waals surface area contributed by atoms with Crippen LogP contribution >= 0.6 is 0 Å². The van der Waals surface area contributed by atoms with Crippen molar-refractivity contribution in [1.82, 2.24) is 0 Å². The molecule has 0 saturated heterocycles. The molecule has 0 aliphatic heterocycles. The van der Waals surface area contributed by atoms with Crippen molar-refractivity contribution in [2.75, 3.05) is 21.3 Å². The summed E-state index contributed by atoms with van der Waals surface area (Å²) >= 11 is 0. The van der Waals surface area contributed by atoms with E-state index >= 15 is 0 Å². The summed E-state index contributed by atoms with van der Waals surface area (Å²) in [4.78, 5) is -0.128. The average Bonchev–Trinajstić information content (AvgIpc) is 2.70. The van der Waals surface area contributed by atoms with Crippen LogP contribution in [-0.4, -0.2) is 36.1 Å². The van der Waals surface area contributed by atoms with E-state index in [2.05, 4.69) is 0 Å². The summed E-state index contributed by atoms with van der Waals surface area (Å²) < 4.78 is 19.4. The van der Waals surface area contributed by atoms with Crippen molar-refractivity contribution in [1.29, 1.82) is 0 Å². The minimum absolute atomic E-state index is 0. The van der Waals surface area contributed by atoms with E-state index in [1.165, 1.54) is 96.3 Å². The maximum Gasteiger partial charge on any atom is 0.233 e. The van der Waals surface area contributed by atoms with E-state index in [1.807, 2.05) is 21.3 Å². The number of ether oxygens (including phenoxy) is 3. The van der Waals surface area contributed by atoms with E-state index in [-0.39, 0.29) is 42.7 Å². The van der Waals surface area contributed by atoms with Crippen molar-refractivity contribution in [3.8, 4) is 0 Å². The van der Waals surface area contributed by atoms with Gasteiger partial charge < -0.3 is 31.2 Å². The topological polar surface area (TPSA) is 27.7 Å². The molecule has 3 nitrogen and oxygen atoms in total. The Morgan fingerprint density at radius 1 is 0.462 bits per heavy atom. The van der Waals surface area contributed by atoms with Crippen molar-refractivity contribution < 1.29 is 31.2 Å². The SMILES string of the molecule is COC1([S+](C2(OC)CCCCC2)C2(OC)CCCCC2)CCCCC1.[Br-]. The molecule has 3 saturated carbocycles. The Morgan fingerprint density at radius 3 is 0.885 bits per heavy atom. The minimum atomic E-state index is -0.0427. The average molecular weight is 452 g/mol. The van der Waals surface area contributed by atoms with Crippen molar-refractivity contribution in [3.05, 3.63) is 0 Å². The third-order valence-corrected chi connectivity index (χ3v) is 11.0. The van der Waals surface area contributed by atoms with Crippen LogP contribution in [0.25, 0.3) is 0 Å². The smallest absolute Gasteiger partial charge is 0.233 e. The maximum absolute atomic E-state index is 6.45. The summed E-state index contributed by atoms with van der Waals surface area (Å²) in [7, 11) is 5.86. The molecule has 26 heavy (non-hydrogen) atoms. The van der Waals surface area contributed by atoms with Crippen LogP contribution in [0.2, 0.25) is 0 Å². The Bertz CT molecular complexity index is 352. The predicted molar refractivity (Wildman–Crippen MR) is 106 cm³/mol. The summed E-state index contributed by atoms with van der Waals surface area (Å²) in [5, 5.41) is 0. The summed E-state index contributed by atoms with van der Waals surface area (Å²) in [5.74, 6) is 0. The Kier molecular flexibility index (Phi) is 8.80. The highest BCUT2D eigenvalue weighted by Crippen LogP contribution is 2.56. The number of methoxy groups -OCH3 is 3. The minimum Gasteiger partial charge on any atom is -1.00 e. The molecule has 3 fully saturated rings. The lowest BCUT2D eigenvalue weighted by molar-refractivity contribution is -0.0257. The van der Waals surface area contributed by atoms with Gasteiger partial charge in [0, 0.05) is 59.9 Å². The van der Waals surface area contributed by atoms with Gasteiger partial charge in [-0.15, -0.1) is 0 Å². The Hall–Kier alpha value is 0.710. The maximum atomic E-state index is 6.45. The van der Waals surface area contributed by atoms with Gasteiger partial charge >= 0.3 is 0 Å². The van der Waals surface area contributed by atoms with E-state index in [0.29, 0.717) is 0 Å². The summed E-state index contributed by atoms with van der Waals surface area (Å²) in [6.45, 7) is 0. The molecule has 0 N–H and O–H groups in total. The zero-order valence-corrected chi connectivity index (χ0v) is 19.5. The lowest BCUT2D eigenvalue weighted by Gasteiger charge is -2.51. The summed E-state index contributed by atoms with van der Waals surface area (Å²) in [6.07, 6.45) is 18.9. The van der Waals surface area contributed by atoms with Gasteiger partial charge in [-0.25, -0.2) is 0 Å². The largest absolute Gasteiger partial charge is 1.00 e. The van der Waals surface area contributed by atoms with Crippen LogP contribution in [0.5, 0.6) is 0 Å². The second-order valence-electron chi connectivity index (χ2n) is 8.33. The van der Waals surface area contributed by atoms with Gasteiger partial charge in [0.2, 0.25) is 14.8 Å². The number of hydrogen-bond acceptors (Lipinski definition) is 3. The zero-order chi connectivity index (χ0) is 17.8. The van der Waals surface area contributed by atoms with E-state index in [0.717, 1.165) is 0 Å². The second-order valence-corrected chi connectivity index (χ2v) is 11.2. The Balaban J connectivity index is 0.00000243. The van der Waals surface area contributed by atoms with E-state index in [9.17, 15) is 0 Å². The van der Waals surface area contributed by atoms with Crippen molar-refractivity contribution in [2.24, 2.45) is 0 Å². The lowest BCUT2D eigenvalue weighted by atomic mass is 9.95. The number of rotatable bonds is 6. The number of halogens is 1. The highest BCUT2D eigenvalue weighted by atomic mass is 79.9. The molecule has 0 atom stereocenters. The standard InChI is InChI=1S/C21H39O3S.BrH/c1-22-19(13-7-4-8-14-19)25(20(23-2)15-9-5-10-16-20)21(24-3)17-11-6-12-18-21;/h4-18H2,1-3H3;1H/q+1;/p-1. The zero-order valence-electron chi connectivity index (χ0n) is 17.1. The van der Waals surface area contributed by atoms with Crippen LogP contribution in [0.4, 0.5) is 0 Å². The number of hydrogen-bond donors (Lipinski definition) is 0. The van der Waals surface area contributed by atoms with Crippen LogP contribution in [0, 0.1) is 0 Å². The van der Waals surface area contributed by atoms with Gasteiger partial charge in [0.05, 0.1) is 10.9 Å². The second kappa shape index (κ2) is 9.96. The van der Waals surface area contributed by atoms with E-state index < -0.39 is 0 Å². The van der Waals surface area contributed by atoms with Crippen molar-refractivity contribution >= 4 is 10.9 Å². The van der Waals surface area contributed by atoms with Gasteiger partial charge in [0.1, 0.15) is 0 Å². The van der Waals surface area contributed by atoms with Crippen LogP contribution in [0.15, 0.2) is 0 Å². The monoisotopic (exact) mass is 450 g/mol. The molecular weight excluding hydrogens is 412 g/mol. The van der Waals surface area contributed by atoms with Crippen LogP contribution in [-0.2, 0) is 25.1 Å². The first-order chi connectivity index (χ1) is 12.2. The first kappa shape index (κ1) is 23.0. The molecule has 0 bridgehead atoms. The van der Waals surface area contributed by atoms with Gasteiger partial charge in [-0.2, -0.15) is 0 Å². The lowest BCUT2D eigenvalue weighted by Crippen LogP contribution is -3.00. The Morgan fingerprint density at radius 2 is 0.692 bits per heavy atom. The van der Waals surface area contributed by atoms with Gasteiger partial charge in [-0.05, 0) is 38.5 Å². The first-order valence-electron chi connectivity index (χ1n) is 10.6. The fourth-order valence-corrected chi connectivity index (χ4v) is 10.4. The van der Waals surface area contributed by atoms with Gasteiger partial charge in [0.25, 0.3) is 0 Å². The van der Waals surface area contributed by atoms with Gasteiger partial charge in [-0.1, -0.05) is 19.3 Å². The van der Waals surface area contributed by atoms with Gasteiger partial charge in [0.15, 0.2) is 0 Å². The van der Waals surface area contributed by atoms with Crippen molar-refractivity contribution in [2.45, 2.75) is 111 Å². The molecule has 3 aliphatic rings. The fraction of sp³-hybridized carbons (Fsp3) is 1.00. The Labute approximate surface area is 174 Å². The van der Waals surface area contributed by atoms with Crippen LogP contribution < -0.4 is 17.0 Å². The predicted octanol–water partition coefficient (Wildman–Crippen LogP) is 2.53. The highest BCUT2D eigenvalue weighted by molar-refractivity contribution is 8.00. The molecule has 154 valence electrons. The quantitative estimate of drug-likeness (QED) is 0.581. The molecule has 0 amide bonds. The van der Waals surface area contributed by atoms with E-state index in [1.54, 1.807) is 0 Å². The summed E-state index contributed by atoms with van der Waals surface area (Å²) in [6, 6.07) is 0. The molecule has 5 heteroatoms. The van der Waals surface area contributed by atoms with Gasteiger partial charge in [-0.3, -0.25) is 0 Å². The fourth-order valence-electron chi connectivity index (χ4n) is 5.76. The first-order valence-corrected chi connectivity index (χ1v) is 11.8. The molecule has 3 rings (SSSR count). The molecule has 0 radical (unpaired) electrons. The molecule has 0 unspecified atom stereocenters. The summed E-state index contributed by atoms with van der Waals surface area (Å²) in [5.41, 5.74) is 0. The third kappa shape index (κ3) is 4.17. The highest BCUT2D eigenvalue weighted by Gasteiger charge is 2.70. The van der Waals surface area contributed by atoms with Crippen LogP contribution in [0.3, 0.4) is 0 Å². The van der Waals surface area contributed by atoms with Crippen LogP contribution in [0.1, 0.15) is 96.3 Å². The third-order valence-electron chi connectivity index (χ3n) is 7.08. The normalized spacial score (nSPS) is 27.7. The van der Waals surface area contributed by atoms with E-state index in [4.69, 9.17) is 14.2 Å². The molecule has 0 aromatic carbocycles. The molecule has 0 spiro atoms. The molecule has 3 aliphatic carbocycles.